The Labute approximate surface area is 88.9 Å². The highest BCUT2D eigenvalue weighted by atomic mass is 16.5. The second kappa shape index (κ2) is 3.93. The number of Topliss-reactive ketones (excluding diaryl/α,β-unsaturated/α-hetero) is 1. The van der Waals surface area contributed by atoms with Gasteiger partial charge in [0.2, 0.25) is 0 Å². The first-order valence-corrected chi connectivity index (χ1v) is 5.35. The van der Waals surface area contributed by atoms with Crippen molar-refractivity contribution in [1.82, 2.24) is 0 Å². The molecule has 2 fully saturated rings. The van der Waals surface area contributed by atoms with E-state index in [9.17, 15) is 9.59 Å². The van der Waals surface area contributed by atoms with Crippen LogP contribution in [-0.4, -0.2) is 32.1 Å². The van der Waals surface area contributed by atoms with E-state index in [1.54, 1.807) is 0 Å². The fourth-order valence-electron chi connectivity index (χ4n) is 2.65. The Balaban J connectivity index is 2.08. The van der Waals surface area contributed by atoms with E-state index in [1.165, 1.54) is 7.11 Å². The first kappa shape index (κ1) is 10.6. The van der Waals surface area contributed by atoms with Gasteiger partial charge in [-0.25, -0.2) is 0 Å². The number of ketones is 1. The zero-order valence-electron chi connectivity index (χ0n) is 8.95. The Morgan fingerprint density at radius 2 is 2.13 bits per heavy atom. The molecule has 1 atom stereocenters. The molecule has 0 N–H and O–H groups in total. The van der Waals surface area contributed by atoms with Gasteiger partial charge in [-0.3, -0.25) is 9.59 Å². The van der Waals surface area contributed by atoms with E-state index in [0.717, 1.165) is 12.8 Å². The summed E-state index contributed by atoms with van der Waals surface area (Å²) >= 11 is 0. The third-order valence-corrected chi connectivity index (χ3v) is 3.61. The van der Waals surface area contributed by atoms with Crippen LogP contribution < -0.4 is 0 Å². The Kier molecular flexibility index (Phi) is 2.78. The summed E-state index contributed by atoms with van der Waals surface area (Å²) in [6.45, 7) is 1.42. The lowest BCUT2D eigenvalue weighted by molar-refractivity contribution is -0.148. The summed E-state index contributed by atoms with van der Waals surface area (Å²) < 4.78 is 9.93. The standard InChI is InChI=1S/C11H16O4/c1-14-10(13)8-6-11(7-9(8)12)2-4-15-5-3-11/h8H,2-7H2,1H3. The fraction of sp³-hybridized carbons (Fsp3) is 0.818. The van der Waals surface area contributed by atoms with Crippen molar-refractivity contribution in [1.29, 1.82) is 0 Å². The molecule has 1 heterocycles. The molecule has 0 aromatic rings. The molecule has 1 spiro atoms. The number of methoxy groups -OCH3 is 1. The number of hydrogen-bond acceptors (Lipinski definition) is 4. The Morgan fingerprint density at radius 1 is 1.47 bits per heavy atom. The molecule has 1 aliphatic heterocycles. The number of esters is 1. The lowest BCUT2D eigenvalue weighted by Gasteiger charge is -2.32. The van der Waals surface area contributed by atoms with Crippen LogP contribution in [0.3, 0.4) is 0 Å². The molecule has 1 unspecified atom stereocenters. The van der Waals surface area contributed by atoms with Gasteiger partial charge < -0.3 is 9.47 Å². The molecule has 0 amide bonds. The minimum absolute atomic E-state index is 0.0220. The summed E-state index contributed by atoms with van der Waals surface area (Å²) in [7, 11) is 1.34. The van der Waals surface area contributed by atoms with Crippen LogP contribution in [0.25, 0.3) is 0 Å². The van der Waals surface area contributed by atoms with E-state index >= 15 is 0 Å². The topological polar surface area (TPSA) is 52.6 Å². The SMILES string of the molecule is COC(=O)C1CC2(CCOCC2)CC1=O. The molecular weight excluding hydrogens is 196 g/mol. The Hall–Kier alpha value is -0.900. The molecule has 0 aromatic carbocycles. The van der Waals surface area contributed by atoms with Crippen molar-refractivity contribution in [2.45, 2.75) is 25.7 Å². The second-order valence-electron chi connectivity index (χ2n) is 4.54. The van der Waals surface area contributed by atoms with Crippen molar-refractivity contribution in [3.05, 3.63) is 0 Å². The van der Waals surface area contributed by atoms with E-state index in [-0.39, 0.29) is 17.2 Å². The lowest BCUT2D eigenvalue weighted by Crippen LogP contribution is -2.27. The molecule has 1 saturated carbocycles. The molecule has 84 valence electrons. The fourth-order valence-corrected chi connectivity index (χ4v) is 2.65. The molecular formula is C11H16O4. The monoisotopic (exact) mass is 212 g/mol. The number of rotatable bonds is 1. The Morgan fingerprint density at radius 3 is 2.73 bits per heavy atom. The van der Waals surface area contributed by atoms with Crippen molar-refractivity contribution >= 4 is 11.8 Å². The smallest absolute Gasteiger partial charge is 0.316 e. The van der Waals surface area contributed by atoms with Gasteiger partial charge >= 0.3 is 5.97 Å². The molecule has 0 bridgehead atoms. The van der Waals surface area contributed by atoms with E-state index in [2.05, 4.69) is 4.74 Å². The minimum Gasteiger partial charge on any atom is -0.468 e. The van der Waals surface area contributed by atoms with Crippen molar-refractivity contribution in [2.24, 2.45) is 11.3 Å². The number of carbonyl (C=O) groups is 2. The Bertz CT molecular complexity index is 278. The molecule has 0 radical (unpaired) electrons. The second-order valence-corrected chi connectivity index (χ2v) is 4.54. The van der Waals surface area contributed by atoms with Crippen LogP contribution in [-0.2, 0) is 19.1 Å². The van der Waals surface area contributed by atoms with Gasteiger partial charge in [0.15, 0.2) is 0 Å². The summed E-state index contributed by atoms with van der Waals surface area (Å²) in [6, 6.07) is 0. The molecule has 15 heavy (non-hydrogen) atoms. The van der Waals surface area contributed by atoms with Crippen LogP contribution >= 0.6 is 0 Å². The average Bonchev–Trinajstić information content (AvgIpc) is 2.55. The largest absolute Gasteiger partial charge is 0.468 e. The maximum absolute atomic E-state index is 11.7. The van der Waals surface area contributed by atoms with Crippen molar-refractivity contribution in [3.63, 3.8) is 0 Å². The quantitative estimate of drug-likeness (QED) is 0.479. The summed E-state index contributed by atoms with van der Waals surface area (Å²) in [5, 5.41) is 0. The van der Waals surface area contributed by atoms with E-state index in [0.29, 0.717) is 26.1 Å². The highest BCUT2D eigenvalue weighted by Crippen LogP contribution is 2.46. The third-order valence-electron chi connectivity index (χ3n) is 3.61. The average molecular weight is 212 g/mol. The first-order chi connectivity index (χ1) is 7.17. The van der Waals surface area contributed by atoms with Gasteiger partial charge in [0.1, 0.15) is 11.7 Å². The molecule has 4 heteroatoms. The maximum atomic E-state index is 11.7. The predicted octanol–water partition coefficient (Wildman–Crippen LogP) is 0.935. The summed E-state index contributed by atoms with van der Waals surface area (Å²) in [6.07, 6.45) is 2.97. The zero-order chi connectivity index (χ0) is 10.9. The number of carbonyl (C=O) groups excluding carboxylic acids is 2. The van der Waals surface area contributed by atoms with Crippen molar-refractivity contribution < 1.29 is 19.1 Å². The molecule has 0 aromatic heterocycles. The molecule has 4 nitrogen and oxygen atoms in total. The van der Waals surface area contributed by atoms with Gasteiger partial charge in [0.25, 0.3) is 0 Å². The summed E-state index contributed by atoms with van der Waals surface area (Å²) in [4.78, 5) is 23.1. The van der Waals surface area contributed by atoms with Gasteiger partial charge in [0.05, 0.1) is 7.11 Å². The molecule has 2 rings (SSSR count). The summed E-state index contributed by atoms with van der Waals surface area (Å²) in [5.74, 6) is -0.847. The van der Waals surface area contributed by atoms with Crippen LogP contribution in [0.15, 0.2) is 0 Å². The van der Waals surface area contributed by atoms with Crippen molar-refractivity contribution in [2.75, 3.05) is 20.3 Å². The van der Waals surface area contributed by atoms with Crippen LogP contribution in [0.1, 0.15) is 25.7 Å². The maximum Gasteiger partial charge on any atom is 0.316 e. The zero-order valence-corrected chi connectivity index (χ0v) is 8.95. The number of ether oxygens (including phenoxy) is 2. The van der Waals surface area contributed by atoms with E-state index in [1.807, 2.05) is 0 Å². The molecule has 1 saturated heterocycles. The third kappa shape index (κ3) is 1.91. The van der Waals surface area contributed by atoms with E-state index < -0.39 is 5.92 Å². The van der Waals surface area contributed by atoms with Gasteiger partial charge in [-0.15, -0.1) is 0 Å². The highest BCUT2D eigenvalue weighted by Gasteiger charge is 2.48. The highest BCUT2D eigenvalue weighted by molar-refractivity contribution is 6.01. The van der Waals surface area contributed by atoms with Crippen LogP contribution in [0, 0.1) is 11.3 Å². The van der Waals surface area contributed by atoms with Gasteiger partial charge in [-0.1, -0.05) is 0 Å². The van der Waals surface area contributed by atoms with Gasteiger partial charge in [-0.2, -0.15) is 0 Å². The normalized spacial score (nSPS) is 29.4. The predicted molar refractivity (Wildman–Crippen MR) is 52.2 cm³/mol. The van der Waals surface area contributed by atoms with Crippen LogP contribution in [0.5, 0.6) is 0 Å². The number of hydrogen-bond donors (Lipinski definition) is 0. The molecule has 1 aliphatic carbocycles. The van der Waals surface area contributed by atoms with Crippen LogP contribution in [0.4, 0.5) is 0 Å². The minimum atomic E-state index is -0.520. The summed E-state index contributed by atoms with van der Waals surface area (Å²) in [5.41, 5.74) is 0.0220. The lowest BCUT2D eigenvalue weighted by atomic mass is 9.78. The first-order valence-electron chi connectivity index (χ1n) is 5.35. The molecule has 2 aliphatic rings. The van der Waals surface area contributed by atoms with Gasteiger partial charge in [-0.05, 0) is 24.7 Å². The van der Waals surface area contributed by atoms with Crippen LogP contribution in [0.2, 0.25) is 0 Å². The van der Waals surface area contributed by atoms with Gasteiger partial charge in [0, 0.05) is 19.6 Å². The van der Waals surface area contributed by atoms with E-state index in [4.69, 9.17) is 4.74 Å². The van der Waals surface area contributed by atoms with Crippen molar-refractivity contribution in [3.8, 4) is 0 Å².